The van der Waals surface area contributed by atoms with E-state index >= 15 is 0 Å². The molecule has 0 unspecified atom stereocenters. The number of imidazole rings is 1. The lowest BCUT2D eigenvalue weighted by Crippen LogP contribution is -1.92. The number of aryl methyl sites for hydroxylation is 1. The number of halogens is 2. The van der Waals surface area contributed by atoms with E-state index in [0.717, 1.165) is 11.4 Å². The van der Waals surface area contributed by atoms with Crippen LogP contribution in [-0.2, 0) is 0 Å². The average molecular weight is 262 g/mol. The summed E-state index contributed by atoms with van der Waals surface area (Å²) in [6, 6.07) is 6.63. The lowest BCUT2D eigenvalue weighted by atomic mass is 10.2. The quantitative estimate of drug-likeness (QED) is 0.671. The summed E-state index contributed by atoms with van der Waals surface area (Å²) in [5.74, 6) is -0.358. The predicted molar refractivity (Wildman–Crippen MR) is 68.1 cm³/mol. The Balaban J connectivity index is 2.32. The first kappa shape index (κ1) is 11.2. The fourth-order valence-electron chi connectivity index (χ4n) is 1.97. The molecule has 0 atom stereocenters. The predicted octanol–water partition coefficient (Wildman–Crippen LogP) is 3.50. The van der Waals surface area contributed by atoms with Crippen LogP contribution in [0, 0.1) is 12.7 Å². The van der Waals surface area contributed by atoms with Crippen molar-refractivity contribution in [3.8, 4) is 11.4 Å². The largest absolute Gasteiger partial charge is 0.297 e. The van der Waals surface area contributed by atoms with Gasteiger partial charge in [0.25, 0.3) is 0 Å². The second kappa shape index (κ2) is 4.07. The smallest absolute Gasteiger partial charge is 0.156 e. The van der Waals surface area contributed by atoms with E-state index in [4.69, 9.17) is 11.6 Å². The Morgan fingerprint density at radius 2 is 2.11 bits per heavy atom. The average Bonchev–Trinajstić information content (AvgIpc) is 2.69. The standard InChI is InChI=1S/C13H9ClFN3/c1-8-12(11-5-4-9(15)7-16-11)18-6-2-3-10(14)13(18)17-8/h2-7H,1H3. The van der Waals surface area contributed by atoms with E-state index in [1.165, 1.54) is 12.3 Å². The molecule has 0 spiro atoms. The van der Waals surface area contributed by atoms with E-state index in [0.29, 0.717) is 16.4 Å². The molecule has 3 aromatic heterocycles. The first-order chi connectivity index (χ1) is 8.66. The number of nitrogens with zero attached hydrogens (tertiary/aromatic N) is 3. The van der Waals surface area contributed by atoms with Crippen molar-refractivity contribution in [2.75, 3.05) is 0 Å². The van der Waals surface area contributed by atoms with Crippen LogP contribution >= 0.6 is 11.6 Å². The van der Waals surface area contributed by atoms with Crippen molar-refractivity contribution in [2.45, 2.75) is 6.92 Å². The molecule has 0 aliphatic heterocycles. The van der Waals surface area contributed by atoms with Gasteiger partial charge in [-0.25, -0.2) is 9.37 Å². The molecule has 0 amide bonds. The zero-order chi connectivity index (χ0) is 12.7. The minimum absolute atomic E-state index is 0.358. The van der Waals surface area contributed by atoms with Gasteiger partial charge in [-0.15, -0.1) is 0 Å². The van der Waals surface area contributed by atoms with Crippen LogP contribution in [0.2, 0.25) is 5.02 Å². The number of hydrogen-bond acceptors (Lipinski definition) is 2. The number of aromatic nitrogens is 3. The molecule has 5 heteroatoms. The van der Waals surface area contributed by atoms with E-state index < -0.39 is 0 Å². The maximum absolute atomic E-state index is 12.9. The topological polar surface area (TPSA) is 30.2 Å². The van der Waals surface area contributed by atoms with E-state index in [1.807, 2.05) is 23.6 Å². The van der Waals surface area contributed by atoms with Crippen LogP contribution in [0.5, 0.6) is 0 Å². The van der Waals surface area contributed by atoms with Gasteiger partial charge in [0.15, 0.2) is 5.65 Å². The molecule has 0 aliphatic carbocycles. The van der Waals surface area contributed by atoms with Crippen LogP contribution in [0.15, 0.2) is 36.7 Å². The highest BCUT2D eigenvalue weighted by Gasteiger charge is 2.13. The zero-order valence-corrected chi connectivity index (χ0v) is 10.3. The number of hydrogen-bond donors (Lipinski definition) is 0. The molecule has 0 aromatic carbocycles. The van der Waals surface area contributed by atoms with Crippen molar-refractivity contribution in [2.24, 2.45) is 0 Å². The van der Waals surface area contributed by atoms with Crippen LogP contribution in [0.25, 0.3) is 17.0 Å². The number of rotatable bonds is 1. The van der Waals surface area contributed by atoms with E-state index in [9.17, 15) is 4.39 Å². The highest BCUT2D eigenvalue weighted by molar-refractivity contribution is 6.33. The van der Waals surface area contributed by atoms with Crippen molar-refractivity contribution in [1.29, 1.82) is 0 Å². The van der Waals surface area contributed by atoms with Gasteiger partial charge < -0.3 is 0 Å². The summed E-state index contributed by atoms with van der Waals surface area (Å²) in [5.41, 5.74) is 2.98. The number of fused-ring (bicyclic) bond motifs is 1. The Bertz CT molecular complexity index is 719. The summed E-state index contributed by atoms with van der Waals surface area (Å²) < 4.78 is 14.8. The third-order valence-electron chi connectivity index (χ3n) is 2.75. The molecule has 3 nitrogen and oxygen atoms in total. The van der Waals surface area contributed by atoms with Gasteiger partial charge in [-0.1, -0.05) is 11.6 Å². The van der Waals surface area contributed by atoms with E-state index in [2.05, 4.69) is 9.97 Å². The monoisotopic (exact) mass is 261 g/mol. The van der Waals surface area contributed by atoms with Gasteiger partial charge in [0.1, 0.15) is 5.82 Å². The maximum Gasteiger partial charge on any atom is 0.156 e. The van der Waals surface area contributed by atoms with Crippen LogP contribution in [0.1, 0.15) is 5.69 Å². The summed E-state index contributed by atoms with van der Waals surface area (Å²) in [7, 11) is 0. The Morgan fingerprint density at radius 3 is 2.83 bits per heavy atom. The van der Waals surface area contributed by atoms with E-state index in [-0.39, 0.29) is 5.82 Å². The first-order valence-electron chi connectivity index (χ1n) is 5.42. The molecular formula is C13H9ClFN3. The summed E-state index contributed by atoms with van der Waals surface area (Å²) in [6.45, 7) is 1.88. The molecule has 3 heterocycles. The third kappa shape index (κ3) is 1.66. The lowest BCUT2D eigenvalue weighted by Gasteiger charge is -2.02. The molecule has 0 saturated heterocycles. The minimum Gasteiger partial charge on any atom is -0.297 e. The van der Waals surface area contributed by atoms with Crippen LogP contribution < -0.4 is 0 Å². The van der Waals surface area contributed by atoms with Crippen LogP contribution in [-0.4, -0.2) is 14.4 Å². The highest BCUT2D eigenvalue weighted by Crippen LogP contribution is 2.26. The van der Waals surface area contributed by atoms with E-state index in [1.54, 1.807) is 12.1 Å². The van der Waals surface area contributed by atoms with Crippen molar-refractivity contribution >= 4 is 17.2 Å². The normalized spacial score (nSPS) is 11.1. The SMILES string of the molecule is Cc1nc2c(Cl)cccn2c1-c1ccc(F)cn1. The maximum atomic E-state index is 12.9. The Labute approximate surface area is 108 Å². The van der Waals surface area contributed by atoms with Crippen LogP contribution in [0.3, 0.4) is 0 Å². The zero-order valence-electron chi connectivity index (χ0n) is 9.56. The number of pyridine rings is 2. The minimum atomic E-state index is -0.358. The molecule has 0 radical (unpaired) electrons. The molecule has 0 fully saturated rings. The van der Waals surface area contributed by atoms with Crippen molar-refractivity contribution < 1.29 is 4.39 Å². The van der Waals surface area contributed by atoms with Gasteiger partial charge >= 0.3 is 0 Å². The fraction of sp³-hybridized carbons (Fsp3) is 0.0769. The Kier molecular flexibility index (Phi) is 2.52. The first-order valence-corrected chi connectivity index (χ1v) is 5.80. The molecule has 0 aliphatic rings. The van der Waals surface area contributed by atoms with Gasteiger partial charge in [-0.2, -0.15) is 0 Å². The molecule has 0 N–H and O–H groups in total. The summed E-state index contributed by atoms with van der Waals surface area (Å²) in [6.07, 6.45) is 3.06. The Hall–Kier alpha value is -1.94. The highest BCUT2D eigenvalue weighted by atomic mass is 35.5. The summed E-state index contributed by atoms with van der Waals surface area (Å²) in [4.78, 5) is 8.49. The molecule has 0 saturated carbocycles. The van der Waals surface area contributed by atoms with Crippen molar-refractivity contribution in [3.63, 3.8) is 0 Å². The van der Waals surface area contributed by atoms with Gasteiger partial charge in [-0.3, -0.25) is 9.38 Å². The second-order valence-electron chi connectivity index (χ2n) is 3.96. The third-order valence-corrected chi connectivity index (χ3v) is 3.04. The fourth-order valence-corrected chi connectivity index (χ4v) is 2.18. The molecule has 3 rings (SSSR count). The van der Waals surface area contributed by atoms with Crippen molar-refractivity contribution in [1.82, 2.24) is 14.4 Å². The molecule has 90 valence electrons. The molecule has 3 aromatic rings. The van der Waals surface area contributed by atoms with Crippen LogP contribution in [0.4, 0.5) is 4.39 Å². The molecular weight excluding hydrogens is 253 g/mol. The summed E-state index contributed by atoms with van der Waals surface area (Å²) in [5, 5.41) is 0.578. The lowest BCUT2D eigenvalue weighted by molar-refractivity contribution is 0.621. The molecule has 0 bridgehead atoms. The molecule has 18 heavy (non-hydrogen) atoms. The Morgan fingerprint density at radius 1 is 1.28 bits per heavy atom. The van der Waals surface area contributed by atoms with Gasteiger partial charge in [0.05, 0.1) is 28.3 Å². The van der Waals surface area contributed by atoms with Gasteiger partial charge in [0.2, 0.25) is 0 Å². The van der Waals surface area contributed by atoms with Crippen molar-refractivity contribution in [3.05, 3.63) is 53.2 Å². The van der Waals surface area contributed by atoms with Gasteiger partial charge in [0, 0.05) is 6.20 Å². The second-order valence-corrected chi connectivity index (χ2v) is 4.36. The van der Waals surface area contributed by atoms with Gasteiger partial charge in [-0.05, 0) is 31.2 Å². The summed E-state index contributed by atoms with van der Waals surface area (Å²) >= 11 is 6.09.